The van der Waals surface area contributed by atoms with E-state index >= 15 is 0 Å². The average Bonchev–Trinajstić information content (AvgIpc) is 2.28. The molecule has 0 saturated heterocycles. The Morgan fingerprint density at radius 3 is 2.35 bits per heavy atom. The molecule has 17 heavy (non-hydrogen) atoms. The molecule has 1 aliphatic carbocycles. The third-order valence-corrected chi connectivity index (χ3v) is 4.66. The van der Waals surface area contributed by atoms with Gasteiger partial charge < -0.3 is 10.2 Å². The molecule has 0 aromatic heterocycles. The minimum atomic E-state index is -0.850. The van der Waals surface area contributed by atoms with Crippen LogP contribution in [-0.2, 0) is 9.59 Å². The molecule has 1 fully saturated rings. The summed E-state index contributed by atoms with van der Waals surface area (Å²) in [5, 5.41) is 17.7. The molecule has 0 heterocycles. The Hall–Kier alpha value is -0.710. The molecule has 5 heteroatoms. The van der Waals surface area contributed by atoms with Gasteiger partial charge in [0.25, 0.3) is 0 Å². The van der Waals surface area contributed by atoms with Gasteiger partial charge in [0.05, 0.1) is 0 Å². The molecule has 0 aromatic carbocycles. The molecule has 0 amide bonds. The summed E-state index contributed by atoms with van der Waals surface area (Å²) in [7, 11) is 0. The zero-order valence-electron chi connectivity index (χ0n) is 9.93. The van der Waals surface area contributed by atoms with Crippen molar-refractivity contribution in [2.24, 2.45) is 0 Å². The van der Waals surface area contributed by atoms with E-state index in [-0.39, 0.29) is 6.42 Å². The SMILES string of the molecule is O=C(O)CCCC(SC1CCCCC1)C(=O)O. The zero-order valence-corrected chi connectivity index (χ0v) is 10.7. The highest BCUT2D eigenvalue weighted by Crippen LogP contribution is 2.32. The smallest absolute Gasteiger partial charge is 0.316 e. The second-order valence-corrected chi connectivity index (χ2v) is 6.02. The molecule has 4 nitrogen and oxygen atoms in total. The first kappa shape index (κ1) is 14.4. The quantitative estimate of drug-likeness (QED) is 0.736. The molecule has 98 valence electrons. The van der Waals surface area contributed by atoms with Crippen molar-refractivity contribution in [2.75, 3.05) is 0 Å². The van der Waals surface area contributed by atoms with Gasteiger partial charge in [0.1, 0.15) is 5.25 Å². The Balaban J connectivity index is 2.31. The van der Waals surface area contributed by atoms with Gasteiger partial charge in [0, 0.05) is 11.7 Å². The number of rotatable bonds is 7. The van der Waals surface area contributed by atoms with Crippen molar-refractivity contribution in [3.05, 3.63) is 0 Å². The van der Waals surface area contributed by atoms with Crippen molar-refractivity contribution in [1.82, 2.24) is 0 Å². The van der Waals surface area contributed by atoms with Crippen molar-refractivity contribution in [1.29, 1.82) is 0 Å². The number of aliphatic carboxylic acids is 2. The van der Waals surface area contributed by atoms with Crippen LogP contribution in [0.5, 0.6) is 0 Å². The van der Waals surface area contributed by atoms with Gasteiger partial charge in [-0.2, -0.15) is 0 Å². The Kier molecular flexibility index (Phi) is 6.40. The summed E-state index contributed by atoms with van der Waals surface area (Å²) in [6, 6.07) is 0. The molecule has 1 unspecified atom stereocenters. The van der Waals surface area contributed by atoms with Gasteiger partial charge in [-0.15, -0.1) is 11.8 Å². The molecule has 0 aromatic rings. The lowest BCUT2D eigenvalue weighted by molar-refractivity contribution is -0.139. The maximum absolute atomic E-state index is 11.1. The second kappa shape index (κ2) is 7.58. The van der Waals surface area contributed by atoms with Crippen molar-refractivity contribution in [2.45, 2.75) is 61.9 Å². The lowest BCUT2D eigenvalue weighted by Gasteiger charge is -2.24. The number of thioether (sulfide) groups is 1. The van der Waals surface area contributed by atoms with E-state index in [1.54, 1.807) is 0 Å². The average molecular weight is 260 g/mol. The Bertz CT molecular complexity index is 261. The molecule has 1 atom stereocenters. The van der Waals surface area contributed by atoms with Gasteiger partial charge >= 0.3 is 11.9 Å². The number of hydrogen-bond donors (Lipinski definition) is 2. The Morgan fingerprint density at radius 2 is 1.82 bits per heavy atom. The van der Waals surface area contributed by atoms with Crippen LogP contribution < -0.4 is 0 Å². The van der Waals surface area contributed by atoms with E-state index in [4.69, 9.17) is 10.2 Å². The summed E-state index contributed by atoms with van der Waals surface area (Å²) in [4.78, 5) is 21.5. The summed E-state index contributed by atoms with van der Waals surface area (Å²) >= 11 is 1.53. The summed E-state index contributed by atoms with van der Waals surface area (Å²) < 4.78 is 0. The van der Waals surface area contributed by atoms with Gasteiger partial charge in [-0.3, -0.25) is 9.59 Å². The van der Waals surface area contributed by atoms with Crippen LogP contribution in [0.15, 0.2) is 0 Å². The van der Waals surface area contributed by atoms with Gasteiger partial charge in [-0.05, 0) is 25.7 Å². The van der Waals surface area contributed by atoms with Crippen molar-refractivity contribution < 1.29 is 19.8 Å². The normalized spacial score (nSPS) is 18.8. The second-order valence-electron chi connectivity index (χ2n) is 4.51. The molecule has 2 N–H and O–H groups in total. The third kappa shape index (κ3) is 5.96. The predicted molar refractivity (Wildman–Crippen MR) is 67.4 cm³/mol. The largest absolute Gasteiger partial charge is 0.481 e. The third-order valence-electron chi connectivity index (χ3n) is 3.04. The van der Waals surface area contributed by atoms with Crippen LogP contribution in [0, 0.1) is 0 Å². The molecule has 1 saturated carbocycles. The fourth-order valence-electron chi connectivity index (χ4n) is 2.12. The van der Waals surface area contributed by atoms with E-state index < -0.39 is 17.2 Å². The lowest BCUT2D eigenvalue weighted by atomic mass is 10.0. The lowest BCUT2D eigenvalue weighted by Crippen LogP contribution is -2.22. The van der Waals surface area contributed by atoms with Crippen molar-refractivity contribution >= 4 is 23.7 Å². The van der Waals surface area contributed by atoms with Gasteiger partial charge in [-0.25, -0.2) is 0 Å². The van der Waals surface area contributed by atoms with E-state index in [9.17, 15) is 9.59 Å². The number of carboxylic acids is 2. The minimum absolute atomic E-state index is 0.0645. The Labute approximate surface area is 106 Å². The Morgan fingerprint density at radius 1 is 1.18 bits per heavy atom. The number of hydrogen-bond acceptors (Lipinski definition) is 3. The summed E-state index contributed by atoms with van der Waals surface area (Å²) in [5.74, 6) is -1.65. The molecule has 0 aliphatic heterocycles. The van der Waals surface area contributed by atoms with E-state index in [2.05, 4.69) is 0 Å². The first-order chi connectivity index (χ1) is 8.09. The van der Waals surface area contributed by atoms with Crippen molar-refractivity contribution in [3.8, 4) is 0 Å². The first-order valence-electron chi connectivity index (χ1n) is 6.19. The molecule has 0 radical (unpaired) electrons. The number of carboxylic acid groups (broad SMARTS) is 2. The van der Waals surface area contributed by atoms with E-state index in [1.807, 2.05) is 0 Å². The monoisotopic (exact) mass is 260 g/mol. The number of carbonyl (C=O) groups is 2. The summed E-state index contributed by atoms with van der Waals surface area (Å²) in [6.07, 6.45) is 6.83. The first-order valence-corrected chi connectivity index (χ1v) is 7.14. The van der Waals surface area contributed by atoms with Crippen LogP contribution in [0.2, 0.25) is 0 Å². The zero-order chi connectivity index (χ0) is 12.7. The van der Waals surface area contributed by atoms with Gasteiger partial charge in [0.15, 0.2) is 0 Å². The maximum Gasteiger partial charge on any atom is 0.316 e. The fourth-order valence-corrected chi connectivity index (χ4v) is 3.61. The van der Waals surface area contributed by atoms with Crippen LogP contribution in [0.1, 0.15) is 51.4 Å². The van der Waals surface area contributed by atoms with Gasteiger partial charge in [0.2, 0.25) is 0 Å². The van der Waals surface area contributed by atoms with Crippen LogP contribution in [0.3, 0.4) is 0 Å². The molecule has 0 bridgehead atoms. The fraction of sp³-hybridized carbons (Fsp3) is 0.833. The standard InChI is InChI=1S/C12H20O4S/c13-11(14)8-4-7-10(12(15)16)17-9-5-2-1-3-6-9/h9-10H,1-8H2,(H,13,14)(H,15,16). The van der Waals surface area contributed by atoms with Gasteiger partial charge in [-0.1, -0.05) is 19.3 Å². The van der Waals surface area contributed by atoms with Crippen LogP contribution in [-0.4, -0.2) is 32.7 Å². The maximum atomic E-state index is 11.1. The summed E-state index contributed by atoms with van der Waals surface area (Å²) in [6.45, 7) is 0. The van der Waals surface area contributed by atoms with Crippen LogP contribution in [0.25, 0.3) is 0 Å². The van der Waals surface area contributed by atoms with E-state index in [0.29, 0.717) is 18.1 Å². The highest BCUT2D eigenvalue weighted by Gasteiger charge is 2.24. The van der Waals surface area contributed by atoms with Crippen molar-refractivity contribution in [3.63, 3.8) is 0 Å². The molecular weight excluding hydrogens is 240 g/mol. The molecule has 1 rings (SSSR count). The molecule has 0 spiro atoms. The molecule has 1 aliphatic rings. The highest BCUT2D eigenvalue weighted by molar-refractivity contribution is 8.01. The van der Waals surface area contributed by atoms with E-state index in [0.717, 1.165) is 12.8 Å². The molecular formula is C12H20O4S. The van der Waals surface area contributed by atoms with Crippen LogP contribution >= 0.6 is 11.8 Å². The minimum Gasteiger partial charge on any atom is -0.481 e. The summed E-state index contributed by atoms with van der Waals surface area (Å²) in [5.41, 5.74) is 0. The topological polar surface area (TPSA) is 74.6 Å². The predicted octanol–water partition coefficient (Wildman–Crippen LogP) is 2.76. The highest BCUT2D eigenvalue weighted by atomic mass is 32.2. The van der Waals surface area contributed by atoms with Crippen LogP contribution in [0.4, 0.5) is 0 Å². The van der Waals surface area contributed by atoms with E-state index in [1.165, 1.54) is 31.0 Å².